The molecular weight excluding hydrogens is 420 g/mol. The molecule has 5 rings (SSSR count). The van der Waals surface area contributed by atoms with Gasteiger partial charge in [-0.1, -0.05) is 30.3 Å². The number of fused-ring (bicyclic) bond motifs is 1. The lowest BCUT2D eigenvalue weighted by atomic mass is 10.0. The van der Waals surface area contributed by atoms with Crippen LogP contribution in [0, 0.1) is 0 Å². The minimum Gasteiger partial charge on any atom is -0.381 e. The Morgan fingerprint density at radius 1 is 1.09 bits per heavy atom. The fraction of sp³-hybridized carbons (Fsp3) is 0.400. The molecule has 2 aromatic rings. The van der Waals surface area contributed by atoms with Gasteiger partial charge in [0.1, 0.15) is 6.02 Å². The molecular formula is C25H28N4O4. The third-order valence-corrected chi connectivity index (χ3v) is 5.35. The average Bonchev–Trinajstić information content (AvgIpc) is 3.29. The minimum absolute atomic E-state index is 0.00913. The van der Waals surface area contributed by atoms with Gasteiger partial charge in [0.05, 0.1) is 20.0 Å². The summed E-state index contributed by atoms with van der Waals surface area (Å²) < 4.78 is 111. The quantitative estimate of drug-likeness (QED) is 0.639. The lowest BCUT2D eigenvalue weighted by Gasteiger charge is -2.29. The number of anilines is 1. The summed E-state index contributed by atoms with van der Waals surface area (Å²) in [5.74, 6) is -4.02. The molecule has 0 radical (unpaired) electrons. The standard InChI is InChI=1S/C25H28N4O4/c30-23-9-8-22(24(31)27-23)29-16-20-19(25(29)32)6-3-7-21(20)26-14-17-4-1-2-5-18(17)15-28-10-12-33-13-11-28/h1-7,22,26H,8-16H2,(H,27,30,31)/i8D2,9D2,10D2,11D2,12D2,13D2,22D. The van der Waals surface area contributed by atoms with Crippen molar-refractivity contribution in [2.45, 2.75) is 38.4 Å². The minimum atomic E-state index is -3.44. The highest BCUT2D eigenvalue weighted by Gasteiger charge is 2.39. The van der Waals surface area contributed by atoms with Crippen LogP contribution >= 0.6 is 0 Å². The highest BCUT2D eigenvalue weighted by atomic mass is 16.5. The number of hydrogen-bond donors (Lipinski definition) is 2. The van der Waals surface area contributed by atoms with E-state index in [0.717, 1.165) is 0 Å². The van der Waals surface area contributed by atoms with Crippen LogP contribution in [0.1, 0.15) is 57.6 Å². The number of carbonyl (C=O) groups excluding carboxylic acids is 3. The average molecular weight is 462 g/mol. The molecule has 3 aliphatic heterocycles. The second-order valence-electron chi connectivity index (χ2n) is 7.34. The van der Waals surface area contributed by atoms with Crippen molar-refractivity contribution >= 4 is 23.4 Å². The van der Waals surface area contributed by atoms with Gasteiger partial charge in [-0.3, -0.25) is 24.6 Å². The smallest absolute Gasteiger partial charge is 0.255 e. The number of amides is 3. The number of hydrogen-bond acceptors (Lipinski definition) is 6. The summed E-state index contributed by atoms with van der Waals surface area (Å²) in [6.07, 6.45) is -6.77. The topological polar surface area (TPSA) is 91.0 Å². The molecule has 8 nitrogen and oxygen atoms in total. The maximum atomic E-state index is 13.4. The van der Waals surface area contributed by atoms with E-state index in [1.165, 1.54) is 18.2 Å². The zero-order valence-corrected chi connectivity index (χ0v) is 17.2. The van der Waals surface area contributed by atoms with Crippen LogP contribution in [0.3, 0.4) is 0 Å². The molecule has 0 bridgehead atoms. The van der Waals surface area contributed by atoms with E-state index in [2.05, 4.69) is 10.1 Å². The largest absolute Gasteiger partial charge is 0.381 e. The number of benzene rings is 2. The lowest BCUT2D eigenvalue weighted by Crippen LogP contribution is -2.52. The van der Waals surface area contributed by atoms with Gasteiger partial charge in [0, 0.05) is 66.8 Å². The first-order chi connectivity index (χ1) is 20.9. The lowest BCUT2D eigenvalue weighted by molar-refractivity contribution is -0.136. The highest BCUT2D eigenvalue weighted by molar-refractivity contribution is 6.06. The molecule has 3 amide bonds. The first-order valence-electron chi connectivity index (χ1n) is 16.5. The zero-order valence-electron chi connectivity index (χ0n) is 30.2. The predicted molar refractivity (Wildman–Crippen MR) is 122 cm³/mol. The number of morpholine rings is 1. The van der Waals surface area contributed by atoms with Gasteiger partial charge in [0.15, 0.2) is 0 Å². The summed E-state index contributed by atoms with van der Waals surface area (Å²) in [6.45, 7) is -13.8. The van der Waals surface area contributed by atoms with E-state index in [0.29, 0.717) is 26.6 Å². The van der Waals surface area contributed by atoms with Crippen molar-refractivity contribution in [3.05, 3.63) is 64.7 Å². The van der Waals surface area contributed by atoms with Crippen molar-refractivity contribution in [1.82, 2.24) is 15.1 Å². The fourth-order valence-electron chi connectivity index (χ4n) is 3.77. The van der Waals surface area contributed by atoms with Gasteiger partial charge in [-0.05, 0) is 29.6 Å². The molecule has 1 unspecified atom stereocenters. The molecule has 33 heavy (non-hydrogen) atoms. The zero-order chi connectivity index (χ0) is 34.5. The summed E-state index contributed by atoms with van der Waals surface area (Å²) >= 11 is 0. The Bertz CT molecular complexity index is 1610. The maximum Gasteiger partial charge on any atom is 0.255 e. The Morgan fingerprint density at radius 2 is 1.88 bits per heavy atom. The molecule has 0 spiro atoms. The monoisotopic (exact) mass is 461 g/mol. The van der Waals surface area contributed by atoms with Gasteiger partial charge in [-0.25, -0.2) is 0 Å². The van der Waals surface area contributed by atoms with Crippen LogP contribution in [0.5, 0.6) is 0 Å². The van der Waals surface area contributed by atoms with Crippen LogP contribution in [-0.4, -0.2) is 59.7 Å². The van der Waals surface area contributed by atoms with Gasteiger partial charge < -0.3 is 15.0 Å². The SMILES string of the molecule is [2H]C1([2H])OC([2H])([2H])C([2H])([2H])N(Cc2ccccc2CNc2cccc3c2CN(C2([2H])C(=O)NC(=O)C([2H])([2H])C2([2H])[2H])C3=O)C1([2H])[2H]. The summed E-state index contributed by atoms with van der Waals surface area (Å²) in [4.78, 5) is 39.3. The van der Waals surface area contributed by atoms with Crippen molar-refractivity contribution in [3.63, 3.8) is 0 Å². The third kappa shape index (κ3) is 4.49. The molecule has 2 fully saturated rings. The van der Waals surface area contributed by atoms with Gasteiger partial charge in [-0.2, -0.15) is 0 Å². The molecule has 1 atom stereocenters. The number of carbonyl (C=O) groups is 3. The van der Waals surface area contributed by atoms with Crippen molar-refractivity contribution in [1.29, 1.82) is 0 Å². The Kier molecular flexibility index (Phi) is 3.18. The van der Waals surface area contributed by atoms with Crippen molar-refractivity contribution < 1.29 is 36.9 Å². The van der Waals surface area contributed by atoms with Crippen LogP contribution in [0.15, 0.2) is 42.5 Å². The molecule has 172 valence electrons. The fourth-order valence-corrected chi connectivity index (χ4v) is 3.77. The van der Waals surface area contributed by atoms with E-state index in [-0.39, 0.29) is 17.7 Å². The van der Waals surface area contributed by atoms with Crippen LogP contribution in [0.2, 0.25) is 0 Å². The van der Waals surface area contributed by atoms with Gasteiger partial charge in [0.2, 0.25) is 11.8 Å². The molecule has 2 aromatic carbocycles. The van der Waals surface area contributed by atoms with Crippen LogP contribution in [0.25, 0.3) is 0 Å². The molecule has 3 heterocycles. The third-order valence-electron chi connectivity index (χ3n) is 5.35. The molecule has 3 aliphatic rings. The second-order valence-corrected chi connectivity index (χ2v) is 7.34. The van der Waals surface area contributed by atoms with E-state index >= 15 is 0 Å². The van der Waals surface area contributed by atoms with E-state index < -0.39 is 75.7 Å². The molecule has 8 heteroatoms. The maximum absolute atomic E-state index is 13.4. The Hall–Kier alpha value is -3.23. The number of imide groups is 1. The van der Waals surface area contributed by atoms with Gasteiger partial charge >= 0.3 is 0 Å². The normalized spacial score (nSPS) is 38.4. The van der Waals surface area contributed by atoms with E-state index in [1.54, 1.807) is 29.6 Å². The Labute approximate surface area is 211 Å². The summed E-state index contributed by atoms with van der Waals surface area (Å²) in [5, 5.41) is 4.74. The van der Waals surface area contributed by atoms with Crippen LogP contribution < -0.4 is 10.6 Å². The van der Waals surface area contributed by atoms with Crippen molar-refractivity contribution in [2.75, 3.05) is 31.4 Å². The van der Waals surface area contributed by atoms with Crippen LogP contribution in [-0.2, 0) is 34.0 Å². The number of nitrogens with one attached hydrogen (secondary N) is 2. The predicted octanol–water partition coefficient (Wildman–Crippen LogP) is 1.89. The number of nitrogens with zero attached hydrogens (tertiary/aromatic N) is 2. The molecule has 0 aliphatic carbocycles. The van der Waals surface area contributed by atoms with E-state index in [9.17, 15) is 14.4 Å². The highest BCUT2D eigenvalue weighted by Crippen LogP contribution is 2.32. The molecule has 2 saturated heterocycles. The molecule has 0 saturated carbocycles. The van der Waals surface area contributed by atoms with Crippen molar-refractivity contribution in [2.24, 2.45) is 0 Å². The van der Waals surface area contributed by atoms with Crippen LogP contribution in [0.4, 0.5) is 5.69 Å². The van der Waals surface area contributed by atoms with Gasteiger partial charge in [-0.15, -0.1) is 0 Å². The van der Waals surface area contributed by atoms with E-state index in [4.69, 9.17) is 17.8 Å². The van der Waals surface area contributed by atoms with Gasteiger partial charge in [0.25, 0.3) is 5.91 Å². The summed E-state index contributed by atoms with van der Waals surface area (Å²) in [5.41, 5.74) is 1.27. The molecule has 2 N–H and O–H groups in total. The Balaban J connectivity index is 1.43. The summed E-state index contributed by atoms with van der Waals surface area (Å²) in [6, 6.07) is 7.58. The Morgan fingerprint density at radius 3 is 2.70 bits per heavy atom. The number of piperidine rings is 1. The van der Waals surface area contributed by atoms with Crippen molar-refractivity contribution in [3.8, 4) is 0 Å². The number of ether oxygens (including phenoxy) is 1. The second kappa shape index (κ2) is 9.33. The van der Waals surface area contributed by atoms with E-state index in [1.807, 2.05) is 0 Å². The molecule has 0 aromatic heterocycles. The summed E-state index contributed by atoms with van der Waals surface area (Å²) in [7, 11) is 0. The first-order valence-corrected chi connectivity index (χ1v) is 10.0. The first kappa shape index (κ1) is 11.3. The number of rotatable bonds is 6.